The van der Waals surface area contributed by atoms with Crippen molar-refractivity contribution in [2.24, 2.45) is 0 Å². The predicted molar refractivity (Wildman–Crippen MR) is 70.5 cm³/mol. The van der Waals surface area contributed by atoms with Crippen LogP contribution in [0.2, 0.25) is 0 Å². The van der Waals surface area contributed by atoms with Gasteiger partial charge in [0.25, 0.3) is 0 Å². The fourth-order valence-electron chi connectivity index (χ4n) is 1.77. The molecule has 106 valence electrons. The number of amides is 2. The number of carbonyl (C=O) groups excluding carboxylic acids is 2. The molecule has 2 heterocycles. The van der Waals surface area contributed by atoms with E-state index in [1.54, 1.807) is 12.3 Å². The maximum atomic E-state index is 13.0. The van der Waals surface area contributed by atoms with Gasteiger partial charge in [-0.05, 0) is 12.1 Å². The number of aromatic nitrogens is 2. The van der Waals surface area contributed by atoms with Crippen molar-refractivity contribution in [3.63, 3.8) is 0 Å². The Labute approximate surface area is 115 Å². The Morgan fingerprint density at radius 2 is 2.00 bits per heavy atom. The number of pyridine rings is 1. The lowest BCUT2D eigenvalue weighted by molar-refractivity contribution is -0.121. The van der Waals surface area contributed by atoms with Crippen LogP contribution < -0.4 is 10.6 Å². The number of nitrogens with one attached hydrogen (secondary N) is 2. The zero-order chi connectivity index (χ0) is 14.5. The summed E-state index contributed by atoms with van der Waals surface area (Å²) in [7, 11) is 0. The second-order valence-corrected chi connectivity index (χ2v) is 4.35. The minimum Gasteiger partial charge on any atom is -0.355 e. The summed E-state index contributed by atoms with van der Waals surface area (Å²) in [6, 6.07) is 2.87. The second kappa shape index (κ2) is 6.14. The number of rotatable bonds is 5. The molecule has 2 aromatic rings. The van der Waals surface area contributed by atoms with Crippen LogP contribution in [0.15, 0.2) is 24.5 Å². The van der Waals surface area contributed by atoms with E-state index in [1.165, 1.54) is 23.6 Å². The molecule has 0 aliphatic carbocycles. The molecule has 2 N–H and O–H groups in total. The van der Waals surface area contributed by atoms with Crippen LogP contribution in [0.25, 0.3) is 5.65 Å². The minimum absolute atomic E-state index is 0.114. The molecule has 0 bridgehead atoms. The zero-order valence-corrected chi connectivity index (χ0v) is 11.0. The van der Waals surface area contributed by atoms with E-state index in [2.05, 4.69) is 15.6 Å². The molecule has 20 heavy (non-hydrogen) atoms. The van der Waals surface area contributed by atoms with Crippen LogP contribution in [0.4, 0.5) is 4.39 Å². The van der Waals surface area contributed by atoms with Crippen LogP contribution in [0.5, 0.6) is 0 Å². The number of hydrogen-bond donors (Lipinski definition) is 2. The molecular formula is C13H15FN4O2. The first kappa shape index (κ1) is 14.0. The van der Waals surface area contributed by atoms with Crippen LogP contribution in [0.3, 0.4) is 0 Å². The molecule has 0 spiro atoms. The fraction of sp³-hybridized carbons (Fsp3) is 0.308. The third-order valence-corrected chi connectivity index (χ3v) is 2.63. The lowest BCUT2D eigenvalue weighted by Crippen LogP contribution is -2.34. The van der Waals surface area contributed by atoms with Crippen LogP contribution in [0, 0.1) is 5.82 Å². The van der Waals surface area contributed by atoms with Gasteiger partial charge in [0.1, 0.15) is 11.5 Å². The summed E-state index contributed by atoms with van der Waals surface area (Å²) in [4.78, 5) is 26.5. The Morgan fingerprint density at radius 3 is 2.75 bits per heavy atom. The molecule has 0 radical (unpaired) electrons. The van der Waals surface area contributed by atoms with Gasteiger partial charge in [0.2, 0.25) is 11.8 Å². The molecule has 0 aromatic carbocycles. The van der Waals surface area contributed by atoms with Gasteiger partial charge in [-0.3, -0.25) is 9.59 Å². The zero-order valence-electron chi connectivity index (χ0n) is 11.0. The summed E-state index contributed by atoms with van der Waals surface area (Å²) in [5.41, 5.74) is 1.15. The molecule has 0 saturated heterocycles. The first-order valence-corrected chi connectivity index (χ1v) is 6.19. The van der Waals surface area contributed by atoms with E-state index >= 15 is 0 Å². The van der Waals surface area contributed by atoms with Gasteiger partial charge in [0.15, 0.2) is 0 Å². The van der Waals surface area contributed by atoms with Crippen molar-refractivity contribution in [3.8, 4) is 0 Å². The van der Waals surface area contributed by atoms with Gasteiger partial charge in [-0.1, -0.05) is 0 Å². The van der Waals surface area contributed by atoms with Crippen molar-refractivity contribution in [1.82, 2.24) is 20.0 Å². The van der Waals surface area contributed by atoms with Crippen molar-refractivity contribution < 1.29 is 14.0 Å². The largest absolute Gasteiger partial charge is 0.355 e. The highest BCUT2D eigenvalue weighted by Gasteiger charge is 2.07. The molecule has 2 amide bonds. The summed E-state index contributed by atoms with van der Waals surface area (Å²) in [6.45, 7) is 2.16. The van der Waals surface area contributed by atoms with E-state index in [4.69, 9.17) is 0 Å². The van der Waals surface area contributed by atoms with E-state index in [-0.39, 0.29) is 24.1 Å². The molecule has 0 saturated carbocycles. The molecule has 0 fully saturated rings. The van der Waals surface area contributed by atoms with Crippen molar-refractivity contribution in [2.75, 3.05) is 13.1 Å². The standard InChI is InChI=1S/C13H15FN4O2/c1-9(19)15-4-5-16-13(20)6-11-8-18-7-10(14)2-3-12(18)17-11/h2-3,7-8H,4-6H2,1H3,(H,15,19)(H,16,20). The molecule has 2 aromatic heterocycles. The van der Waals surface area contributed by atoms with Gasteiger partial charge in [0.05, 0.1) is 12.1 Å². The number of hydrogen-bond acceptors (Lipinski definition) is 3. The average Bonchev–Trinajstić information content (AvgIpc) is 2.75. The number of imidazole rings is 1. The van der Waals surface area contributed by atoms with Gasteiger partial charge in [-0.15, -0.1) is 0 Å². The fourth-order valence-corrected chi connectivity index (χ4v) is 1.77. The molecule has 7 heteroatoms. The third-order valence-electron chi connectivity index (χ3n) is 2.63. The summed E-state index contributed by atoms with van der Waals surface area (Å²) < 4.78 is 14.6. The summed E-state index contributed by atoms with van der Waals surface area (Å²) in [5, 5.41) is 5.24. The average molecular weight is 278 g/mol. The summed E-state index contributed by atoms with van der Waals surface area (Å²) >= 11 is 0. The number of fused-ring (bicyclic) bond motifs is 1. The molecule has 6 nitrogen and oxygen atoms in total. The van der Waals surface area contributed by atoms with E-state index < -0.39 is 0 Å². The Morgan fingerprint density at radius 1 is 1.25 bits per heavy atom. The van der Waals surface area contributed by atoms with Crippen LogP contribution in [-0.2, 0) is 16.0 Å². The molecular weight excluding hydrogens is 263 g/mol. The Hall–Kier alpha value is -2.44. The lowest BCUT2D eigenvalue weighted by atomic mass is 10.3. The normalized spacial score (nSPS) is 10.5. The van der Waals surface area contributed by atoms with E-state index in [9.17, 15) is 14.0 Å². The molecule has 0 atom stereocenters. The van der Waals surface area contributed by atoms with Gasteiger partial charge < -0.3 is 15.0 Å². The quantitative estimate of drug-likeness (QED) is 0.771. The molecule has 0 aliphatic rings. The number of halogens is 1. The van der Waals surface area contributed by atoms with Crippen molar-refractivity contribution in [2.45, 2.75) is 13.3 Å². The molecule has 0 aliphatic heterocycles. The van der Waals surface area contributed by atoms with E-state index in [0.29, 0.717) is 24.4 Å². The monoisotopic (exact) mass is 278 g/mol. The van der Waals surface area contributed by atoms with Crippen molar-refractivity contribution in [3.05, 3.63) is 36.0 Å². The highest BCUT2D eigenvalue weighted by molar-refractivity contribution is 5.78. The maximum Gasteiger partial charge on any atom is 0.226 e. The van der Waals surface area contributed by atoms with Gasteiger partial charge in [-0.2, -0.15) is 0 Å². The Balaban J connectivity index is 1.88. The summed E-state index contributed by atoms with van der Waals surface area (Å²) in [5.74, 6) is -0.693. The SMILES string of the molecule is CC(=O)NCCNC(=O)Cc1cn2cc(F)ccc2n1. The molecule has 0 unspecified atom stereocenters. The van der Waals surface area contributed by atoms with Gasteiger partial charge in [-0.25, -0.2) is 9.37 Å². The third kappa shape index (κ3) is 3.78. The van der Waals surface area contributed by atoms with Crippen molar-refractivity contribution in [1.29, 1.82) is 0 Å². The highest BCUT2D eigenvalue weighted by atomic mass is 19.1. The second-order valence-electron chi connectivity index (χ2n) is 4.35. The van der Waals surface area contributed by atoms with Gasteiger partial charge >= 0.3 is 0 Å². The topological polar surface area (TPSA) is 75.5 Å². The Kier molecular flexibility index (Phi) is 4.29. The van der Waals surface area contributed by atoms with Crippen LogP contribution >= 0.6 is 0 Å². The number of nitrogens with zero attached hydrogens (tertiary/aromatic N) is 2. The van der Waals surface area contributed by atoms with Crippen LogP contribution in [-0.4, -0.2) is 34.3 Å². The first-order valence-electron chi connectivity index (χ1n) is 6.19. The minimum atomic E-state index is -0.360. The highest BCUT2D eigenvalue weighted by Crippen LogP contribution is 2.07. The van der Waals surface area contributed by atoms with E-state index in [0.717, 1.165) is 0 Å². The first-order chi connectivity index (χ1) is 9.54. The smallest absolute Gasteiger partial charge is 0.226 e. The van der Waals surface area contributed by atoms with Gasteiger partial charge in [0, 0.05) is 32.4 Å². The molecule has 2 rings (SSSR count). The maximum absolute atomic E-state index is 13.0. The summed E-state index contributed by atoms with van der Waals surface area (Å²) in [6.07, 6.45) is 3.04. The number of carbonyl (C=O) groups is 2. The lowest BCUT2D eigenvalue weighted by Gasteiger charge is -2.04. The van der Waals surface area contributed by atoms with E-state index in [1.807, 2.05) is 0 Å². The Bertz CT molecular complexity index is 638. The predicted octanol–water partition coefficient (Wildman–Crippen LogP) is 0.268. The van der Waals surface area contributed by atoms with Crippen LogP contribution in [0.1, 0.15) is 12.6 Å². The van der Waals surface area contributed by atoms with Crippen molar-refractivity contribution >= 4 is 17.5 Å².